The van der Waals surface area contributed by atoms with E-state index in [0.717, 1.165) is 35.7 Å². The van der Waals surface area contributed by atoms with E-state index in [1.807, 2.05) is 70.2 Å². The largest absolute Gasteiger partial charge is 0.490 e. The van der Waals surface area contributed by atoms with Crippen molar-refractivity contribution >= 4 is 40.1 Å². The summed E-state index contributed by atoms with van der Waals surface area (Å²) < 4.78 is 12.7. The minimum Gasteiger partial charge on any atom is -0.490 e. The van der Waals surface area contributed by atoms with Crippen LogP contribution >= 0.6 is 0 Å². The summed E-state index contributed by atoms with van der Waals surface area (Å²) in [5.74, 6) is -0.128. The van der Waals surface area contributed by atoms with Crippen LogP contribution in [0.1, 0.15) is 64.2 Å². The van der Waals surface area contributed by atoms with Crippen LogP contribution in [0.25, 0.3) is 10.8 Å². The van der Waals surface area contributed by atoms with Gasteiger partial charge in [-0.1, -0.05) is 43.3 Å². The van der Waals surface area contributed by atoms with Gasteiger partial charge in [-0.2, -0.15) is 0 Å². The molecule has 11 heteroatoms. The SMILES string of the molecule is CC(C)NC(=O)Nc1ccc2c(c1)C(=O)N([C@H](C)CO)C[C@H](C)[C@@H](CN(C)C(=O)Nc1cccc3ccccc13)OCCCC[C@H](C)O2. The van der Waals surface area contributed by atoms with Crippen molar-refractivity contribution in [3.63, 3.8) is 0 Å². The lowest BCUT2D eigenvalue weighted by Crippen LogP contribution is -2.48. The third kappa shape index (κ3) is 9.84. The Morgan fingerprint density at radius 3 is 2.52 bits per heavy atom. The molecular formula is C37H51N5O6. The lowest BCUT2D eigenvalue weighted by atomic mass is 10.0. The molecule has 4 atom stereocenters. The van der Waals surface area contributed by atoms with Gasteiger partial charge in [0.05, 0.1) is 36.1 Å². The molecule has 0 bridgehead atoms. The second kappa shape index (κ2) is 17.2. The molecule has 1 aliphatic rings. The van der Waals surface area contributed by atoms with Crippen LogP contribution in [0.2, 0.25) is 0 Å². The van der Waals surface area contributed by atoms with Crippen LogP contribution in [0.3, 0.4) is 0 Å². The van der Waals surface area contributed by atoms with Crippen molar-refractivity contribution in [1.29, 1.82) is 0 Å². The summed E-state index contributed by atoms with van der Waals surface area (Å²) in [4.78, 5) is 43.4. The number of anilines is 2. The molecule has 0 fully saturated rings. The van der Waals surface area contributed by atoms with E-state index in [4.69, 9.17) is 9.47 Å². The second-order valence-electron chi connectivity index (χ2n) is 13.1. The molecule has 4 N–H and O–H groups in total. The molecule has 0 radical (unpaired) electrons. The van der Waals surface area contributed by atoms with E-state index in [0.29, 0.717) is 24.6 Å². The van der Waals surface area contributed by atoms with Crippen LogP contribution < -0.4 is 20.7 Å². The molecule has 0 unspecified atom stereocenters. The van der Waals surface area contributed by atoms with Gasteiger partial charge in [0.2, 0.25) is 0 Å². The number of carbonyl (C=O) groups excluding carboxylic acids is 3. The van der Waals surface area contributed by atoms with Gasteiger partial charge >= 0.3 is 12.1 Å². The predicted molar refractivity (Wildman–Crippen MR) is 190 cm³/mol. The number of rotatable bonds is 7. The molecule has 4 rings (SSSR count). The van der Waals surface area contributed by atoms with Gasteiger partial charge in [0.15, 0.2) is 0 Å². The van der Waals surface area contributed by atoms with Gasteiger partial charge in [-0.3, -0.25) is 4.79 Å². The number of benzene rings is 3. The molecule has 0 aromatic heterocycles. The summed E-state index contributed by atoms with van der Waals surface area (Å²) in [5.41, 5.74) is 1.46. The molecule has 0 saturated carbocycles. The van der Waals surface area contributed by atoms with E-state index in [1.165, 1.54) is 0 Å². The summed E-state index contributed by atoms with van der Waals surface area (Å²) in [6, 6.07) is 17.5. The van der Waals surface area contributed by atoms with E-state index in [-0.39, 0.29) is 54.7 Å². The molecule has 260 valence electrons. The zero-order chi connectivity index (χ0) is 34.8. The number of hydrogen-bond donors (Lipinski definition) is 4. The van der Waals surface area contributed by atoms with Crippen molar-refractivity contribution in [3.05, 3.63) is 66.2 Å². The third-order valence-corrected chi connectivity index (χ3v) is 8.56. The van der Waals surface area contributed by atoms with Crippen molar-refractivity contribution in [2.75, 3.05) is 44.0 Å². The number of nitrogens with one attached hydrogen (secondary N) is 3. The molecule has 5 amide bonds. The molecule has 1 aliphatic heterocycles. The van der Waals surface area contributed by atoms with Crippen molar-refractivity contribution in [1.82, 2.24) is 15.1 Å². The highest BCUT2D eigenvalue weighted by Crippen LogP contribution is 2.29. The van der Waals surface area contributed by atoms with E-state index >= 15 is 0 Å². The van der Waals surface area contributed by atoms with Crippen molar-refractivity contribution < 1.29 is 29.0 Å². The smallest absolute Gasteiger partial charge is 0.321 e. The number of fused-ring (bicyclic) bond motifs is 2. The number of hydrogen-bond acceptors (Lipinski definition) is 6. The highest BCUT2D eigenvalue weighted by Gasteiger charge is 2.31. The maximum absolute atomic E-state index is 14.3. The topological polar surface area (TPSA) is 132 Å². The van der Waals surface area contributed by atoms with Gasteiger partial charge in [-0.05, 0) is 76.6 Å². The standard InChI is InChI=1S/C37H51N5O6/c1-24(2)38-36(45)39-29-17-18-33-31(20-29)35(44)42(26(4)23-43)21-25(3)34(47-19-10-9-12-27(5)48-33)22-41(6)37(46)40-32-16-11-14-28-13-7-8-15-30(28)32/h7-8,11,13-18,20,24-27,34,43H,9-10,12,19,21-23H2,1-6H3,(H,40,46)(H2,38,39,45)/t25-,26+,27-,34+/m0/s1. The van der Waals surface area contributed by atoms with Gasteiger partial charge in [0, 0.05) is 49.8 Å². The van der Waals surface area contributed by atoms with Crippen LogP contribution in [0.5, 0.6) is 5.75 Å². The summed E-state index contributed by atoms with van der Waals surface area (Å²) >= 11 is 0. The lowest BCUT2D eigenvalue weighted by Gasteiger charge is -2.35. The van der Waals surface area contributed by atoms with Gasteiger partial charge < -0.3 is 40.3 Å². The molecule has 48 heavy (non-hydrogen) atoms. The van der Waals surface area contributed by atoms with Gasteiger partial charge in [0.25, 0.3) is 5.91 Å². The maximum atomic E-state index is 14.3. The van der Waals surface area contributed by atoms with Crippen LogP contribution in [0.15, 0.2) is 60.7 Å². The van der Waals surface area contributed by atoms with Crippen LogP contribution in [-0.2, 0) is 4.74 Å². The highest BCUT2D eigenvalue weighted by molar-refractivity contribution is 6.01. The van der Waals surface area contributed by atoms with Crippen LogP contribution in [-0.4, -0.2) is 90.5 Å². The molecule has 1 heterocycles. The third-order valence-electron chi connectivity index (χ3n) is 8.56. The Bertz CT molecular complexity index is 1540. The normalized spacial score (nSPS) is 19.9. The zero-order valence-corrected chi connectivity index (χ0v) is 29.0. The van der Waals surface area contributed by atoms with Gasteiger partial charge in [-0.15, -0.1) is 0 Å². The van der Waals surface area contributed by atoms with Crippen LogP contribution in [0.4, 0.5) is 21.0 Å². The van der Waals surface area contributed by atoms with E-state index in [9.17, 15) is 19.5 Å². The van der Waals surface area contributed by atoms with E-state index in [1.54, 1.807) is 42.0 Å². The number of urea groups is 2. The first-order valence-corrected chi connectivity index (χ1v) is 16.9. The minimum atomic E-state index is -0.521. The Morgan fingerprint density at radius 1 is 1.02 bits per heavy atom. The lowest BCUT2D eigenvalue weighted by molar-refractivity contribution is -0.0115. The maximum Gasteiger partial charge on any atom is 0.321 e. The molecule has 0 spiro atoms. The predicted octanol–water partition coefficient (Wildman–Crippen LogP) is 6.33. The fraction of sp³-hybridized carbons (Fsp3) is 0.486. The fourth-order valence-electron chi connectivity index (χ4n) is 5.79. The number of nitrogens with zero attached hydrogens (tertiary/aromatic N) is 2. The zero-order valence-electron chi connectivity index (χ0n) is 29.0. The van der Waals surface area contributed by atoms with E-state index in [2.05, 4.69) is 16.0 Å². The average Bonchev–Trinajstić information content (AvgIpc) is 3.05. The molecule has 3 aromatic carbocycles. The summed E-state index contributed by atoms with van der Waals surface area (Å²) in [7, 11) is 1.74. The Balaban J connectivity index is 1.58. The van der Waals surface area contributed by atoms with Crippen molar-refractivity contribution in [2.24, 2.45) is 5.92 Å². The molecule has 0 aliphatic carbocycles. The van der Waals surface area contributed by atoms with E-state index < -0.39 is 12.1 Å². The van der Waals surface area contributed by atoms with Crippen molar-refractivity contribution in [2.45, 2.75) is 78.2 Å². The van der Waals surface area contributed by atoms with Crippen molar-refractivity contribution in [3.8, 4) is 5.75 Å². The summed E-state index contributed by atoms with van der Waals surface area (Å²) in [6.45, 7) is 10.3. The second-order valence-corrected chi connectivity index (χ2v) is 13.1. The fourth-order valence-corrected chi connectivity index (χ4v) is 5.79. The number of amides is 5. The average molecular weight is 662 g/mol. The highest BCUT2D eigenvalue weighted by atomic mass is 16.5. The molecular weight excluding hydrogens is 610 g/mol. The summed E-state index contributed by atoms with van der Waals surface area (Å²) in [6.07, 6.45) is 1.84. The first-order chi connectivity index (χ1) is 23.0. The number of aliphatic hydroxyl groups excluding tert-OH is 1. The number of aliphatic hydroxyl groups is 1. The van der Waals surface area contributed by atoms with Gasteiger partial charge in [0.1, 0.15) is 5.75 Å². The molecule has 0 saturated heterocycles. The first-order valence-electron chi connectivity index (χ1n) is 16.9. The Kier molecular flexibility index (Phi) is 13.0. The monoisotopic (exact) mass is 661 g/mol. The number of carbonyl (C=O) groups is 3. The number of likely N-dealkylation sites (N-methyl/N-ethyl adjacent to an activating group) is 1. The van der Waals surface area contributed by atoms with Gasteiger partial charge in [-0.25, -0.2) is 9.59 Å². The Hall–Kier alpha value is -4.35. The summed E-state index contributed by atoms with van der Waals surface area (Å²) in [5, 5.41) is 20.9. The number of ether oxygens (including phenoxy) is 2. The van der Waals surface area contributed by atoms with Crippen LogP contribution in [0, 0.1) is 5.92 Å². The minimum absolute atomic E-state index is 0.0611. The Labute approximate surface area is 284 Å². The molecule has 3 aromatic rings. The first kappa shape index (κ1) is 36.5. The molecule has 11 nitrogen and oxygen atoms in total. The quantitative estimate of drug-likeness (QED) is 0.234. The Morgan fingerprint density at radius 2 is 1.77 bits per heavy atom.